The van der Waals surface area contributed by atoms with Crippen LogP contribution in [0.15, 0.2) is 28.9 Å². The van der Waals surface area contributed by atoms with E-state index < -0.39 is 9.73 Å². The summed E-state index contributed by atoms with van der Waals surface area (Å²) in [5.41, 5.74) is 0.718. The molecule has 0 aliphatic heterocycles. The SMILES string of the molecule is CS(C)(=O)=Nc1ccncc1. The highest BCUT2D eigenvalue weighted by Gasteiger charge is 1.90. The molecule has 0 amide bonds. The molecule has 1 aromatic heterocycles. The summed E-state index contributed by atoms with van der Waals surface area (Å²) in [4.78, 5) is 3.82. The van der Waals surface area contributed by atoms with Gasteiger partial charge in [0.2, 0.25) is 0 Å². The highest BCUT2D eigenvalue weighted by Crippen LogP contribution is 2.10. The number of aromatic nitrogens is 1. The molecular weight excluding hydrogens is 160 g/mol. The number of hydrogen-bond acceptors (Lipinski definition) is 3. The van der Waals surface area contributed by atoms with E-state index in [4.69, 9.17) is 0 Å². The third-order valence-corrected chi connectivity index (χ3v) is 1.64. The molecule has 3 nitrogen and oxygen atoms in total. The van der Waals surface area contributed by atoms with Gasteiger partial charge in [-0.2, -0.15) is 4.36 Å². The Labute approximate surface area is 66.7 Å². The molecule has 1 heterocycles. The fourth-order valence-electron chi connectivity index (χ4n) is 0.659. The largest absolute Gasteiger partial charge is 0.265 e. The third-order valence-electron chi connectivity index (χ3n) is 0.988. The number of nitrogens with zero attached hydrogens (tertiary/aromatic N) is 2. The van der Waals surface area contributed by atoms with Crippen LogP contribution in [0.2, 0.25) is 0 Å². The van der Waals surface area contributed by atoms with Gasteiger partial charge < -0.3 is 0 Å². The maximum absolute atomic E-state index is 11.2. The van der Waals surface area contributed by atoms with Gasteiger partial charge >= 0.3 is 0 Å². The first-order valence-corrected chi connectivity index (χ1v) is 5.48. The lowest BCUT2D eigenvalue weighted by Crippen LogP contribution is -1.88. The Morgan fingerprint density at radius 3 is 2.36 bits per heavy atom. The fourth-order valence-corrected chi connectivity index (χ4v) is 1.29. The molecule has 0 bridgehead atoms. The Morgan fingerprint density at radius 1 is 1.36 bits per heavy atom. The molecule has 0 fully saturated rings. The van der Waals surface area contributed by atoms with E-state index in [1.807, 2.05) is 0 Å². The van der Waals surface area contributed by atoms with Crippen molar-refractivity contribution in [2.45, 2.75) is 0 Å². The second kappa shape index (κ2) is 3.00. The van der Waals surface area contributed by atoms with Crippen molar-refractivity contribution in [1.29, 1.82) is 0 Å². The van der Waals surface area contributed by atoms with Gasteiger partial charge in [0.05, 0.1) is 5.69 Å². The van der Waals surface area contributed by atoms with E-state index in [0.717, 1.165) is 5.69 Å². The lowest BCUT2D eigenvalue weighted by molar-refractivity contribution is 0.684. The first-order chi connectivity index (χ1) is 5.08. The van der Waals surface area contributed by atoms with Gasteiger partial charge in [-0.3, -0.25) is 4.98 Å². The van der Waals surface area contributed by atoms with Crippen molar-refractivity contribution in [2.75, 3.05) is 12.5 Å². The summed E-state index contributed by atoms with van der Waals surface area (Å²) in [5.74, 6) is 0. The molecule has 0 aliphatic rings. The van der Waals surface area contributed by atoms with Crippen molar-refractivity contribution in [1.82, 2.24) is 4.98 Å². The molecule has 0 spiro atoms. The van der Waals surface area contributed by atoms with Gasteiger partial charge in [-0.25, -0.2) is 4.21 Å². The molecule has 0 saturated heterocycles. The highest BCUT2D eigenvalue weighted by molar-refractivity contribution is 7.92. The molecular formula is C7H10N2OS. The van der Waals surface area contributed by atoms with Crippen LogP contribution in [0, 0.1) is 0 Å². The maximum atomic E-state index is 11.2. The Morgan fingerprint density at radius 2 is 1.91 bits per heavy atom. The summed E-state index contributed by atoms with van der Waals surface area (Å²) in [6, 6.07) is 3.46. The lowest BCUT2D eigenvalue weighted by Gasteiger charge is -1.93. The summed E-state index contributed by atoms with van der Waals surface area (Å²) in [5, 5.41) is 0. The van der Waals surface area contributed by atoms with Crippen LogP contribution >= 0.6 is 0 Å². The van der Waals surface area contributed by atoms with Crippen LogP contribution in [0.25, 0.3) is 0 Å². The molecule has 4 heteroatoms. The topological polar surface area (TPSA) is 42.3 Å². The van der Waals surface area contributed by atoms with E-state index in [1.165, 1.54) is 0 Å². The van der Waals surface area contributed by atoms with E-state index in [1.54, 1.807) is 37.0 Å². The highest BCUT2D eigenvalue weighted by atomic mass is 32.2. The van der Waals surface area contributed by atoms with Crippen molar-refractivity contribution >= 4 is 15.4 Å². The zero-order valence-corrected chi connectivity index (χ0v) is 7.34. The van der Waals surface area contributed by atoms with E-state index >= 15 is 0 Å². The summed E-state index contributed by atoms with van der Waals surface area (Å²) < 4.78 is 15.1. The maximum Gasteiger partial charge on any atom is 0.0760 e. The molecule has 1 aromatic rings. The van der Waals surface area contributed by atoms with Crippen LogP contribution in [-0.2, 0) is 9.73 Å². The van der Waals surface area contributed by atoms with Gasteiger partial charge in [0.25, 0.3) is 0 Å². The summed E-state index contributed by atoms with van der Waals surface area (Å²) >= 11 is 0. The smallest absolute Gasteiger partial charge is 0.0760 e. The van der Waals surface area contributed by atoms with Crippen molar-refractivity contribution in [3.8, 4) is 0 Å². The number of rotatable bonds is 1. The summed E-state index contributed by atoms with van der Waals surface area (Å²) in [7, 11) is -2.03. The number of hydrogen-bond donors (Lipinski definition) is 0. The van der Waals surface area contributed by atoms with E-state index in [-0.39, 0.29) is 0 Å². The molecule has 0 saturated carbocycles. The number of pyridine rings is 1. The fraction of sp³-hybridized carbons (Fsp3) is 0.286. The van der Waals surface area contributed by atoms with Crippen molar-refractivity contribution in [3.63, 3.8) is 0 Å². The van der Waals surface area contributed by atoms with Crippen molar-refractivity contribution in [2.24, 2.45) is 4.36 Å². The minimum atomic E-state index is -2.03. The molecule has 1 rings (SSSR count). The minimum Gasteiger partial charge on any atom is -0.265 e. The predicted molar refractivity (Wildman–Crippen MR) is 46.3 cm³/mol. The molecule has 0 N–H and O–H groups in total. The third kappa shape index (κ3) is 3.13. The Hall–Kier alpha value is -0.900. The lowest BCUT2D eigenvalue weighted by atomic mass is 10.4. The zero-order chi connectivity index (χ0) is 8.32. The van der Waals surface area contributed by atoms with Gasteiger partial charge in [-0.15, -0.1) is 0 Å². The molecule has 0 aromatic carbocycles. The normalized spacial score (nSPS) is 11.1. The van der Waals surface area contributed by atoms with Crippen molar-refractivity contribution in [3.05, 3.63) is 24.5 Å². The van der Waals surface area contributed by atoms with E-state index in [2.05, 4.69) is 9.35 Å². The van der Waals surface area contributed by atoms with Crippen LogP contribution in [0.4, 0.5) is 5.69 Å². The Kier molecular flexibility index (Phi) is 2.24. The zero-order valence-electron chi connectivity index (χ0n) is 6.52. The van der Waals surface area contributed by atoms with Gasteiger partial charge in [-0.05, 0) is 12.1 Å². The van der Waals surface area contributed by atoms with Crippen LogP contribution in [0.5, 0.6) is 0 Å². The summed E-state index contributed by atoms with van der Waals surface area (Å²) in [6.07, 6.45) is 6.47. The quantitative estimate of drug-likeness (QED) is 0.640. The van der Waals surface area contributed by atoms with Crippen molar-refractivity contribution < 1.29 is 4.21 Å². The average Bonchev–Trinajstić information content (AvgIpc) is 1.85. The molecule has 60 valence electrons. The Balaban J connectivity index is 3.08. The van der Waals surface area contributed by atoms with E-state index in [9.17, 15) is 4.21 Å². The standard InChI is InChI=1S/C7H10N2OS/c1-11(2,10)9-7-3-5-8-6-4-7/h3-6H,1-2H3. The first kappa shape index (κ1) is 8.20. The second-order valence-corrected chi connectivity index (χ2v) is 5.02. The molecule has 11 heavy (non-hydrogen) atoms. The van der Waals surface area contributed by atoms with Gasteiger partial charge in [0.1, 0.15) is 0 Å². The van der Waals surface area contributed by atoms with Gasteiger partial charge in [-0.1, -0.05) is 0 Å². The minimum absolute atomic E-state index is 0.718. The monoisotopic (exact) mass is 170 g/mol. The van der Waals surface area contributed by atoms with Gasteiger partial charge in [0.15, 0.2) is 0 Å². The molecule has 0 unspecified atom stereocenters. The second-order valence-electron chi connectivity index (χ2n) is 2.48. The van der Waals surface area contributed by atoms with E-state index in [0.29, 0.717) is 0 Å². The Bertz CT molecular complexity index is 331. The molecule has 0 radical (unpaired) electrons. The average molecular weight is 170 g/mol. The molecule has 0 aliphatic carbocycles. The van der Waals surface area contributed by atoms with Crippen LogP contribution in [-0.4, -0.2) is 21.7 Å². The predicted octanol–water partition coefficient (Wildman–Crippen LogP) is 1.44. The summed E-state index contributed by atoms with van der Waals surface area (Å²) in [6.45, 7) is 0. The first-order valence-electron chi connectivity index (χ1n) is 3.15. The van der Waals surface area contributed by atoms with Crippen LogP contribution in [0.1, 0.15) is 0 Å². The van der Waals surface area contributed by atoms with Crippen LogP contribution < -0.4 is 0 Å². The molecule has 0 atom stereocenters. The van der Waals surface area contributed by atoms with Gasteiger partial charge in [0, 0.05) is 34.6 Å². The van der Waals surface area contributed by atoms with Crippen LogP contribution in [0.3, 0.4) is 0 Å².